The molecule has 1 amide bonds. The summed E-state index contributed by atoms with van der Waals surface area (Å²) < 4.78 is 27.4. The van der Waals surface area contributed by atoms with Crippen molar-refractivity contribution < 1.29 is 13.2 Å². The lowest BCUT2D eigenvalue weighted by molar-refractivity contribution is 0.0950. The summed E-state index contributed by atoms with van der Waals surface area (Å²) in [6.45, 7) is 5.99. The van der Waals surface area contributed by atoms with Gasteiger partial charge in [0.15, 0.2) is 0 Å². The maximum Gasteiger partial charge on any atom is 0.251 e. The summed E-state index contributed by atoms with van der Waals surface area (Å²) in [7, 11) is -3.57. The number of benzene rings is 2. The molecule has 0 bridgehead atoms. The number of rotatable bonds is 8. The third kappa shape index (κ3) is 6.15. The number of amides is 1. The molecule has 2 aromatic carbocycles. The van der Waals surface area contributed by atoms with Gasteiger partial charge in [-0.2, -0.15) is 0 Å². The van der Waals surface area contributed by atoms with E-state index in [1.54, 1.807) is 12.1 Å². The van der Waals surface area contributed by atoms with E-state index in [9.17, 15) is 13.2 Å². The van der Waals surface area contributed by atoms with Crippen molar-refractivity contribution in [2.45, 2.75) is 56.6 Å². The van der Waals surface area contributed by atoms with Crippen LogP contribution in [0.25, 0.3) is 0 Å². The Morgan fingerprint density at radius 1 is 1.06 bits per heavy atom. The second-order valence-corrected chi connectivity index (χ2v) is 10.6. The lowest BCUT2D eigenvalue weighted by Gasteiger charge is -2.30. The predicted octanol–water partition coefficient (Wildman–Crippen LogP) is 3.29. The van der Waals surface area contributed by atoms with Crippen molar-refractivity contribution in [2.75, 3.05) is 13.1 Å². The summed E-state index contributed by atoms with van der Waals surface area (Å²) in [5.41, 5.74) is 2.64. The number of sulfonamides is 1. The molecule has 2 N–H and O–H groups in total. The van der Waals surface area contributed by atoms with Crippen LogP contribution >= 0.6 is 0 Å². The summed E-state index contributed by atoms with van der Waals surface area (Å²) in [5.74, 6) is 0.482. The van der Waals surface area contributed by atoms with Crippen molar-refractivity contribution in [1.29, 1.82) is 0 Å². The highest BCUT2D eigenvalue weighted by molar-refractivity contribution is 7.89. The monoisotopic (exact) mass is 441 g/mol. The number of carbonyl (C=O) groups is 1. The molecular formula is C24H31N3O3S. The van der Waals surface area contributed by atoms with E-state index in [0.29, 0.717) is 12.1 Å². The zero-order chi connectivity index (χ0) is 21.8. The van der Waals surface area contributed by atoms with E-state index in [0.717, 1.165) is 44.0 Å². The molecule has 6 nitrogen and oxygen atoms in total. The van der Waals surface area contributed by atoms with Crippen molar-refractivity contribution in [3.05, 3.63) is 65.2 Å². The summed E-state index contributed by atoms with van der Waals surface area (Å²) in [4.78, 5) is 15.2. The van der Waals surface area contributed by atoms with E-state index in [-0.39, 0.29) is 16.8 Å². The van der Waals surface area contributed by atoms with E-state index in [2.05, 4.69) is 34.0 Å². The molecule has 4 rings (SSSR count). The Balaban J connectivity index is 1.32. The SMILES string of the molecule is CC1CCCN(Cc2ccc(CNC(=O)c3cccc(S(=O)(=O)NC4CC4)c3)cc2)C1. The van der Waals surface area contributed by atoms with Gasteiger partial charge in [-0.1, -0.05) is 37.3 Å². The fourth-order valence-corrected chi connectivity index (χ4v) is 5.38. The van der Waals surface area contributed by atoms with Crippen molar-refractivity contribution in [3.63, 3.8) is 0 Å². The molecule has 0 aromatic heterocycles. The van der Waals surface area contributed by atoms with Crippen LogP contribution < -0.4 is 10.0 Å². The first kappa shape index (κ1) is 22.0. The topological polar surface area (TPSA) is 78.5 Å². The summed E-state index contributed by atoms with van der Waals surface area (Å²) >= 11 is 0. The molecule has 1 aliphatic heterocycles. The van der Waals surface area contributed by atoms with Crippen LogP contribution in [0.4, 0.5) is 0 Å². The number of nitrogens with zero attached hydrogens (tertiary/aromatic N) is 1. The fourth-order valence-electron chi connectivity index (χ4n) is 4.03. The van der Waals surface area contributed by atoms with Crippen molar-refractivity contribution >= 4 is 15.9 Å². The van der Waals surface area contributed by atoms with Crippen molar-refractivity contribution in [3.8, 4) is 0 Å². The normalized spacial score (nSPS) is 19.8. The Morgan fingerprint density at radius 3 is 2.52 bits per heavy atom. The summed E-state index contributed by atoms with van der Waals surface area (Å²) in [5, 5.41) is 2.89. The molecule has 2 aliphatic rings. The molecule has 2 aromatic rings. The Bertz CT molecular complexity index is 1020. The molecule has 166 valence electrons. The summed E-state index contributed by atoms with van der Waals surface area (Å²) in [6, 6.07) is 14.6. The highest BCUT2D eigenvalue weighted by Crippen LogP contribution is 2.22. The highest BCUT2D eigenvalue weighted by Gasteiger charge is 2.28. The molecule has 7 heteroatoms. The van der Waals surface area contributed by atoms with Gasteiger partial charge in [0, 0.05) is 31.2 Å². The second kappa shape index (κ2) is 9.51. The second-order valence-electron chi connectivity index (χ2n) is 8.91. The van der Waals surface area contributed by atoms with Crippen LogP contribution in [0.5, 0.6) is 0 Å². The molecule has 0 spiro atoms. The molecule has 31 heavy (non-hydrogen) atoms. The zero-order valence-electron chi connectivity index (χ0n) is 18.0. The number of nitrogens with one attached hydrogen (secondary N) is 2. The van der Waals surface area contributed by atoms with Gasteiger partial charge in [-0.3, -0.25) is 9.69 Å². The van der Waals surface area contributed by atoms with Crippen LogP contribution in [0.1, 0.15) is 54.1 Å². The Morgan fingerprint density at radius 2 is 1.81 bits per heavy atom. The third-order valence-electron chi connectivity index (χ3n) is 5.93. The molecule has 1 atom stereocenters. The minimum Gasteiger partial charge on any atom is -0.348 e. The molecule has 1 saturated carbocycles. The van der Waals surface area contributed by atoms with E-state index in [1.165, 1.54) is 30.5 Å². The van der Waals surface area contributed by atoms with E-state index >= 15 is 0 Å². The standard InChI is InChI=1S/C24H31N3O3S/c1-18-4-3-13-27(16-18)17-20-9-7-19(8-10-20)15-25-24(28)21-5-2-6-23(14-21)31(29,30)26-22-11-12-22/h2,5-10,14,18,22,26H,3-4,11-13,15-17H2,1H3,(H,25,28). The van der Waals surface area contributed by atoms with Crippen LogP contribution in [0, 0.1) is 5.92 Å². The van der Waals surface area contributed by atoms with Gasteiger partial charge in [0.05, 0.1) is 4.90 Å². The lowest BCUT2D eigenvalue weighted by Crippen LogP contribution is -2.33. The third-order valence-corrected chi connectivity index (χ3v) is 7.45. The van der Waals surface area contributed by atoms with E-state index < -0.39 is 10.0 Å². The van der Waals surface area contributed by atoms with Gasteiger partial charge in [-0.25, -0.2) is 13.1 Å². The van der Waals surface area contributed by atoms with Crippen LogP contribution in [0.15, 0.2) is 53.4 Å². The average molecular weight is 442 g/mol. The molecule has 1 heterocycles. The van der Waals surface area contributed by atoms with Crippen molar-refractivity contribution in [1.82, 2.24) is 14.9 Å². The number of hydrogen-bond donors (Lipinski definition) is 2. The first-order valence-corrected chi connectivity index (χ1v) is 12.6. The smallest absolute Gasteiger partial charge is 0.251 e. The number of hydrogen-bond acceptors (Lipinski definition) is 4. The average Bonchev–Trinajstić information content (AvgIpc) is 3.56. The van der Waals surface area contributed by atoms with Gasteiger partial charge in [-0.15, -0.1) is 0 Å². The van der Waals surface area contributed by atoms with Gasteiger partial charge >= 0.3 is 0 Å². The Labute approximate surface area is 185 Å². The minimum atomic E-state index is -3.57. The highest BCUT2D eigenvalue weighted by atomic mass is 32.2. The molecule has 1 aliphatic carbocycles. The number of likely N-dealkylation sites (tertiary alicyclic amines) is 1. The first-order chi connectivity index (χ1) is 14.9. The van der Waals surface area contributed by atoms with Crippen LogP contribution in [0.2, 0.25) is 0 Å². The minimum absolute atomic E-state index is 0.0313. The van der Waals surface area contributed by atoms with Crippen LogP contribution in [-0.2, 0) is 23.1 Å². The Kier molecular flexibility index (Phi) is 6.74. The van der Waals surface area contributed by atoms with Gasteiger partial charge < -0.3 is 5.32 Å². The fraction of sp³-hybridized carbons (Fsp3) is 0.458. The molecule has 2 fully saturated rings. The van der Waals surface area contributed by atoms with E-state index in [4.69, 9.17) is 0 Å². The summed E-state index contributed by atoms with van der Waals surface area (Å²) in [6.07, 6.45) is 4.33. The van der Waals surface area contributed by atoms with Gasteiger partial charge in [0.2, 0.25) is 10.0 Å². The quantitative estimate of drug-likeness (QED) is 0.659. The molecule has 1 unspecified atom stereocenters. The number of carbonyl (C=O) groups excluding carboxylic acids is 1. The molecular weight excluding hydrogens is 410 g/mol. The first-order valence-electron chi connectivity index (χ1n) is 11.1. The lowest BCUT2D eigenvalue weighted by atomic mass is 9.99. The van der Waals surface area contributed by atoms with Gasteiger partial charge in [0.1, 0.15) is 0 Å². The molecule has 0 radical (unpaired) electrons. The van der Waals surface area contributed by atoms with Crippen LogP contribution in [0.3, 0.4) is 0 Å². The maximum absolute atomic E-state index is 12.6. The van der Waals surface area contributed by atoms with Crippen LogP contribution in [-0.4, -0.2) is 38.4 Å². The molecule has 1 saturated heterocycles. The van der Waals surface area contributed by atoms with E-state index in [1.807, 2.05) is 12.1 Å². The predicted molar refractivity (Wildman–Crippen MR) is 121 cm³/mol. The largest absolute Gasteiger partial charge is 0.348 e. The number of piperidine rings is 1. The van der Waals surface area contributed by atoms with Gasteiger partial charge in [0.25, 0.3) is 5.91 Å². The van der Waals surface area contributed by atoms with Gasteiger partial charge in [-0.05, 0) is 67.5 Å². The maximum atomic E-state index is 12.6. The zero-order valence-corrected chi connectivity index (χ0v) is 18.8. The van der Waals surface area contributed by atoms with Crippen molar-refractivity contribution in [2.24, 2.45) is 5.92 Å². The Hall–Kier alpha value is -2.22.